The molecule has 2 rings (SSSR count). The third-order valence-electron chi connectivity index (χ3n) is 1.37. The third kappa shape index (κ3) is 1.84. The Morgan fingerprint density at radius 2 is 2.15 bits per heavy atom. The van der Waals surface area contributed by atoms with Crippen LogP contribution in [-0.4, -0.2) is 20.3 Å². The lowest BCUT2D eigenvalue weighted by Crippen LogP contribution is -1.78. The average molecular weight is 258 g/mol. The summed E-state index contributed by atoms with van der Waals surface area (Å²) in [7, 11) is 0. The van der Waals surface area contributed by atoms with Crippen molar-refractivity contribution in [3.8, 4) is 16.3 Å². The van der Waals surface area contributed by atoms with Crippen molar-refractivity contribution in [2.45, 2.75) is 0 Å². The number of nitrogens with zero attached hydrogens (tertiary/aromatic N) is 3. The molecule has 0 unspecified atom stereocenters. The Hall–Kier alpha value is -1.01. The first-order valence-corrected chi connectivity index (χ1v) is 5.00. The Morgan fingerprint density at radius 1 is 1.31 bits per heavy atom. The smallest absolute Gasteiger partial charge is 0.183 e. The summed E-state index contributed by atoms with van der Waals surface area (Å²) < 4.78 is 0.714. The molecule has 0 amide bonds. The fraction of sp³-hybridized carbons (Fsp3) is 0. The molecular formula is C7H4BrN3OS. The minimum Gasteiger partial charge on any atom is -0.506 e. The van der Waals surface area contributed by atoms with Crippen LogP contribution in [0.5, 0.6) is 5.75 Å². The highest BCUT2D eigenvalue weighted by molar-refractivity contribution is 9.11. The van der Waals surface area contributed by atoms with E-state index in [1.807, 2.05) is 0 Å². The number of pyridine rings is 1. The summed E-state index contributed by atoms with van der Waals surface area (Å²) in [6.45, 7) is 0. The van der Waals surface area contributed by atoms with E-state index in [0.717, 1.165) is 10.6 Å². The van der Waals surface area contributed by atoms with Gasteiger partial charge < -0.3 is 5.11 Å². The van der Waals surface area contributed by atoms with Crippen LogP contribution < -0.4 is 0 Å². The van der Waals surface area contributed by atoms with Gasteiger partial charge in [0.05, 0.1) is 6.20 Å². The van der Waals surface area contributed by atoms with Crippen molar-refractivity contribution >= 4 is 27.3 Å². The molecular weight excluding hydrogens is 254 g/mol. The predicted octanol–water partition coefficient (Wildman–Crippen LogP) is 2.07. The summed E-state index contributed by atoms with van der Waals surface area (Å²) in [5.41, 5.74) is 0.767. The van der Waals surface area contributed by atoms with Gasteiger partial charge in [-0.1, -0.05) is 11.3 Å². The van der Waals surface area contributed by atoms with Crippen LogP contribution in [0.3, 0.4) is 0 Å². The third-order valence-corrected chi connectivity index (χ3v) is 2.78. The van der Waals surface area contributed by atoms with Crippen LogP contribution >= 0.6 is 27.3 Å². The summed E-state index contributed by atoms with van der Waals surface area (Å²) in [4.78, 5) is 3.84. The molecule has 2 aromatic rings. The van der Waals surface area contributed by atoms with E-state index in [1.54, 1.807) is 12.3 Å². The SMILES string of the molecule is Oc1cncc(-c2nnc(Br)s2)c1. The quantitative estimate of drug-likeness (QED) is 0.850. The summed E-state index contributed by atoms with van der Waals surface area (Å²) in [5, 5.41) is 17.6. The number of rotatable bonds is 1. The number of hydrogen-bond donors (Lipinski definition) is 1. The molecule has 2 heterocycles. The maximum Gasteiger partial charge on any atom is 0.183 e. The molecule has 0 saturated heterocycles. The molecule has 0 aliphatic rings. The maximum atomic E-state index is 9.16. The Bertz CT molecular complexity index is 431. The van der Waals surface area contributed by atoms with Crippen molar-refractivity contribution in [2.24, 2.45) is 0 Å². The van der Waals surface area contributed by atoms with E-state index in [0.29, 0.717) is 3.92 Å². The largest absolute Gasteiger partial charge is 0.506 e. The molecule has 0 spiro atoms. The van der Waals surface area contributed by atoms with Gasteiger partial charge in [0.15, 0.2) is 3.92 Å². The van der Waals surface area contributed by atoms with Crippen molar-refractivity contribution < 1.29 is 5.11 Å². The molecule has 0 saturated carbocycles. The second-order valence-electron chi connectivity index (χ2n) is 2.29. The van der Waals surface area contributed by atoms with E-state index < -0.39 is 0 Å². The van der Waals surface area contributed by atoms with Gasteiger partial charge in [0.1, 0.15) is 10.8 Å². The molecule has 0 radical (unpaired) electrons. The first-order valence-electron chi connectivity index (χ1n) is 3.39. The molecule has 1 N–H and O–H groups in total. The zero-order valence-corrected chi connectivity index (χ0v) is 8.71. The highest BCUT2D eigenvalue weighted by atomic mass is 79.9. The van der Waals surface area contributed by atoms with Gasteiger partial charge in [0.25, 0.3) is 0 Å². The van der Waals surface area contributed by atoms with E-state index in [2.05, 4.69) is 31.1 Å². The zero-order valence-electron chi connectivity index (χ0n) is 6.31. The summed E-state index contributed by atoms with van der Waals surface area (Å²) in [6, 6.07) is 1.60. The number of hydrogen-bond acceptors (Lipinski definition) is 5. The standard InChI is InChI=1S/C7H4BrN3OS/c8-7-11-10-6(13-7)4-1-5(12)3-9-2-4/h1-3,12H. The minimum atomic E-state index is 0.129. The molecule has 0 fully saturated rings. The van der Waals surface area contributed by atoms with Crippen molar-refractivity contribution in [1.29, 1.82) is 0 Å². The summed E-state index contributed by atoms with van der Waals surface area (Å²) >= 11 is 4.60. The number of aromatic nitrogens is 3. The van der Waals surface area contributed by atoms with Crippen LogP contribution in [0, 0.1) is 0 Å². The van der Waals surface area contributed by atoms with E-state index >= 15 is 0 Å². The Balaban J connectivity index is 2.46. The maximum absolute atomic E-state index is 9.16. The molecule has 0 aliphatic heterocycles. The van der Waals surface area contributed by atoms with Gasteiger partial charge in [0, 0.05) is 11.8 Å². The van der Waals surface area contributed by atoms with Gasteiger partial charge in [-0.15, -0.1) is 10.2 Å². The minimum absolute atomic E-state index is 0.129. The van der Waals surface area contributed by atoms with Crippen LogP contribution in [0.4, 0.5) is 0 Å². The summed E-state index contributed by atoms with van der Waals surface area (Å²) in [6.07, 6.45) is 3.01. The Kier molecular flexibility index (Phi) is 2.24. The average Bonchev–Trinajstić information content (AvgIpc) is 2.52. The lowest BCUT2D eigenvalue weighted by atomic mass is 10.3. The normalized spacial score (nSPS) is 10.2. The van der Waals surface area contributed by atoms with E-state index in [1.165, 1.54) is 17.5 Å². The Morgan fingerprint density at radius 3 is 2.77 bits per heavy atom. The second kappa shape index (κ2) is 3.39. The fourth-order valence-electron chi connectivity index (χ4n) is 0.867. The van der Waals surface area contributed by atoms with Crippen LogP contribution in [0.15, 0.2) is 22.4 Å². The van der Waals surface area contributed by atoms with Gasteiger partial charge in [-0.2, -0.15) is 0 Å². The van der Waals surface area contributed by atoms with Gasteiger partial charge >= 0.3 is 0 Å². The highest BCUT2D eigenvalue weighted by Gasteiger charge is 2.05. The second-order valence-corrected chi connectivity index (χ2v) is 4.55. The van der Waals surface area contributed by atoms with Crippen LogP contribution in [0.1, 0.15) is 0 Å². The molecule has 0 atom stereocenters. The van der Waals surface area contributed by atoms with Crippen molar-refractivity contribution in [2.75, 3.05) is 0 Å². The van der Waals surface area contributed by atoms with Crippen molar-refractivity contribution in [3.63, 3.8) is 0 Å². The molecule has 6 heteroatoms. The van der Waals surface area contributed by atoms with Gasteiger partial charge in [-0.05, 0) is 22.0 Å². The van der Waals surface area contributed by atoms with E-state index in [9.17, 15) is 0 Å². The predicted molar refractivity (Wildman–Crippen MR) is 52.5 cm³/mol. The molecule has 13 heavy (non-hydrogen) atoms. The summed E-state index contributed by atoms with van der Waals surface area (Å²) in [5.74, 6) is 0.129. The van der Waals surface area contributed by atoms with E-state index in [-0.39, 0.29) is 5.75 Å². The molecule has 4 nitrogen and oxygen atoms in total. The lowest BCUT2D eigenvalue weighted by molar-refractivity contribution is 0.473. The Labute approximate surface area is 86.4 Å². The first kappa shape index (κ1) is 8.58. The highest BCUT2D eigenvalue weighted by Crippen LogP contribution is 2.27. The van der Waals surface area contributed by atoms with Crippen molar-refractivity contribution in [1.82, 2.24) is 15.2 Å². The van der Waals surface area contributed by atoms with Crippen LogP contribution in [0.25, 0.3) is 10.6 Å². The number of halogens is 1. The van der Waals surface area contributed by atoms with E-state index in [4.69, 9.17) is 5.11 Å². The molecule has 2 aromatic heterocycles. The fourth-order valence-corrected chi connectivity index (χ4v) is 1.96. The molecule has 0 bridgehead atoms. The van der Waals surface area contributed by atoms with Crippen LogP contribution in [-0.2, 0) is 0 Å². The van der Waals surface area contributed by atoms with Gasteiger partial charge in [-0.3, -0.25) is 4.98 Å². The number of aromatic hydroxyl groups is 1. The molecule has 0 aliphatic carbocycles. The monoisotopic (exact) mass is 257 g/mol. The van der Waals surface area contributed by atoms with Crippen molar-refractivity contribution in [3.05, 3.63) is 22.4 Å². The molecule has 0 aromatic carbocycles. The van der Waals surface area contributed by atoms with Gasteiger partial charge in [-0.25, -0.2) is 0 Å². The first-order chi connectivity index (χ1) is 6.25. The van der Waals surface area contributed by atoms with Crippen LogP contribution in [0.2, 0.25) is 0 Å². The molecule has 66 valence electrons. The topological polar surface area (TPSA) is 58.9 Å². The lowest BCUT2D eigenvalue weighted by Gasteiger charge is -1.93. The van der Waals surface area contributed by atoms with Gasteiger partial charge in [0.2, 0.25) is 0 Å². The zero-order chi connectivity index (χ0) is 9.26.